The predicted molar refractivity (Wildman–Crippen MR) is 139 cm³/mol. The Balaban J connectivity index is 1.71. The molecule has 3 rings (SSSR count). The Labute approximate surface area is 214 Å². The van der Waals surface area contributed by atoms with E-state index in [2.05, 4.69) is 27.8 Å². The molecule has 0 fully saturated rings. The highest BCUT2D eigenvalue weighted by Gasteiger charge is 2.26. The number of hydrogen-bond acceptors (Lipinski definition) is 7. The van der Waals surface area contributed by atoms with Gasteiger partial charge in [0.2, 0.25) is 5.91 Å². The molecular weight excluding hydrogens is 480 g/mol. The molecule has 1 aromatic heterocycles. The summed E-state index contributed by atoms with van der Waals surface area (Å²) in [7, 11) is 0. The minimum absolute atomic E-state index is 0.0330. The zero-order chi connectivity index (χ0) is 26.2. The van der Waals surface area contributed by atoms with Crippen molar-refractivity contribution in [3.05, 3.63) is 75.6 Å². The third-order valence-corrected chi connectivity index (χ3v) is 6.56. The Morgan fingerprint density at radius 2 is 1.83 bits per heavy atom. The fourth-order valence-electron chi connectivity index (χ4n) is 3.60. The van der Waals surface area contributed by atoms with Crippen molar-refractivity contribution in [1.29, 1.82) is 0 Å². The number of non-ortho nitro benzene ring substituents is 1. The van der Waals surface area contributed by atoms with E-state index in [-0.39, 0.29) is 28.8 Å². The van der Waals surface area contributed by atoms with E-state index in [9.17, 15) is 19.7 Å². The summed E-state index contributed by atoms with van der Waals surface area (Å²) in [6.45, 7) is 8.44. The lowest BCUT2D eigenvalue weighted by Crippen LogP contribution is -2.33. The molecule has 3 aromatic rings. The lowest BCUT2D eigenvalue weighted by atomic mass is 10.0. The molecule has 0 aliphatic carbocycles. The lowest BCUT2D eigenvalue weighted by molar-refractivity contribution is -0.384. The molecule has 2 aromatic carbocycles. The summed E-state index contributed by atoms with van der Waals surface area (Å²) in [5, 5.41) is 26.0. The van der Waals surface area contributed by atoms with Crippen molar-refractivity contribution in [1.82, 2.24) is 20.1 Å². The number of amides is 2. The second kappa shape index (κ2) is 12.3. The fourth-order valence-corrected chi connectivity index (χ4v) is 4.41. The van der Waals surface area contributed by atoms with Crippen LogP contribution in [0.25, 0.3) is 0 Å². The molecule has 2 amide bonds. The molecule has 0 saturated carbocycles. The number of hydrogen-bond donors (Lipinski definition) is 2. The van der Waals surface area contributed by atoms with Crippen molar-refractivity contribution < 1.29 is 14.5 Å². The maximum atomic E-state index is 12.9. The lowest BCUT2D eigenvalue weighted by Gasteiger charge is -2.22. The highest BCUT2D eigenvalue weighted by molar-refractivity contribution is 7.99. The van der Waals surface area contributed by atoms with Crippen LogP contribution in [-0.4, -0.2) is 37.3 Å². The monoisotopic (exact) mass is 510 g/mol. The van der Waals surface area contributed by atoms with Gasteiger partial charge in [-0.15, -0.1) is 10.2 Å². The summed E-state index contributed by atoms with van der Waals surface area (Å²) >= 11 is 1.27. The fraction of sp³-hybridized carbons (Fsp3) is 0.360. The van der Waals surface area contributed by atoms with Crippen LogP contribution in [0, 0.1) is 16.0 Å². The van der Waals surface area contributed by atoms with E-state index in [1.807, 2.05) is 49.6 Å². The number of nitrogens with one attached hydrogen (secondary N) is 2. The smallest absolute Gasteiger partial charge is 0.270 e. The van der Waals surface area contributed by atoms with Crippen LogP contribution < -0.4 is 10.6 Å². The number of nitrogens with zero attached hydrogens (tertiary/aromatic N) is 4. The molecular formula is C25H30N6O4S. The quantitative estimate of drug-likeness (QED) is 0.218. The van der Waals surface area contributed by atoms with Gasteiger partial charge in [0.25, 0.3) is 11.6 Å². The minimum atomic E-state index is -0.537. The molecule has 1 atom stereocenters. The van der Waals surface area contributed by atoms with Crippen molar-refractivity contribution in [3.63, 3.8) is 0 Å². The second-order valence-corrected chi connectivity index (χ2v) is 9.42. The molecule has 2 N–H and O–H groups in total. The molecule has 1 heterocycles. The van der Waals surface area contributed by atoms with E-state index < -0.39 is 16.9 Å². The Kier molecular flexibility index (Phi) is 9.18. The van der Waals surface area contributed by atoms with Crippen LogP contribution in [0.15, 0.2) is 53.7 Å². The van der Waals surface area contributed by atoms with Gasteiger partial charge < -0.3 is 15.2 Å². The zero-order valence-corrected chi connectivity index (χ0v) is 21.5. The van der Waals surface area contributed by atoms with Gasteiger partial charge >= 0.3 is 0 Å². The number of benzene rings is 2. The summed E-state index contributed by atoms with van der Waals surface area (Å²) in [4.78, 5) is 35.9. The largest absolute Gasteiger partial charge is 0.342 e. The molecule has 0 spiro atoms. The van der Waals surface area contributed by atoms with Gasteiger partial charge in [0.15, 0.2) is 11.0 Å². The van der Waals surface area contributed by atoms with Crippen molar-refractivity contribution in [2.75, 3.05) is 11.1 Å². The van der Waals surface area contributed by atoms with Crippen LogP contribution in [0.2, 0.25) is 0 Å². The van der Waals surface area contributed by atoms with E-state index in [0.29, 0.717) is 17.5 Å². The van der Waals surface area contributed by atoms with Gasteiger partial charge in [-0.1, -0.05) is 50.7 Å². The van der Waals surface area contributed by atoms with E-state index in [0.717, 1.165) is 12.1 Å². The average molecular weight is 511 g/mol. The number of aryl methyl sites for hydroxylation is 1. The number of anilines is 1. The topological polar surface area (TPSA) is 132 Å². The first kappa shape index (κ1) is 26.9. The van der Waals surface area contributed by atoms with E-state index in [1.54, 1.807) is 0 Å². The molecule has 190 valence electrons. The van der Waals surface area contributed by atoms with Crippen molar-refractivity contribution in [2.45, 2.75) is 51.9 Å². The molecule has 0 aliphatic rings. The van der Waals surface area contributed by atoms with Gasteiger partial charge in [-0.2, -0.15) is 0 Å². The predicted octanol–water partition coefficient (Wildman–Crippen LogP) is 4.63. The summed E-state index contributed by atoms with van der Waals surface area (Å²) in [6, 6.07) is 12.8. The average Bonchev–Trinajstić information content (AvgIpc) is 3.28. The molecule has 0 radical (unpaired) electrons. The highest BCUT2D eigenvalue weighted by atomic mass is 32.2. The van der Waals surface area contributed by atoms with E-state index in [4.69, 9.17) is 0 Å². The third-order valence-electron chi connectivity index (χ3n) is 5.59. The molecule has 0 saturated heterocycles. The Hall–Kier alpha value is -3.73. The van der Waals surface area contributed by atoms with Gasteiger partial charge in [-0.3, -0.25) is 19.7 Å². The second-order valence-electron chi connectivity index (χ2n) is 8.47. The van der Waals surface area contributed by atoms with Crippen LogP contribution in [0.4, 0.5) is 11.4 Å². The Morgan fingerprint density at radius 1 is 1.11 bits per heavy atom. The standard InChI is InChI=1S/C25H30N6O4S/c1-5-17-10-12-19(13-11-17)26-21(32)15-36-25-29-28-23(30(25)6-2)22(16(3)4)27-24(33)18-8-7-9-20(14-18)31(34)35/h7-14,16,22H,5-6,15H2,1-4H3,(H,26,32)(H,27,33)/t22-/m0/s1. The molecule has 0 unspecified atom stereocenters. The maximum absolute atomic E-state index is 12.9. The Bertz CT molecular complexity index is 1230. The van der Waals surface area contributed by atoms with Crippen molar-refractivity contribution in [3.8, 4) is 0 Å². The first-order valence-electron chi connectivity index (χ1n) is 11.7. The van der Waals surface area contributed by atoms with Crippen LogP contribution in [-0.2, 0) is 17.8 Å². The highest BCUT2D eigenvalue weighted by Crippen LogP contribution is 2.26. The van der Waals surface area contributed by atoms with Crippen molar-refractivity contribution >= 4 is 35.0 Å². The number of aromatic nitrogens is 3. The van der Waals surface area contributed by atoms with Crippen molar-refractivity contribution in [2.24, 2.45) is 5.92 Å². The van der Waals surface area contributed by atoms with E-state index in [1.165, 1.54) is 41.6 Å². The number of nitro benzene ring substituents is 1. The summed E-state index contributed by atoms with van der Waals surface area (Å²) in [6.07, 6.45) is 0.933. The summed E-state index contributed by atoms with van der Waals surface area (Å²) in [5.41, 5.74) is 1.97. The Morgan fingerprint density at radius 3 is 2.44 bits per heavy atom. The molecule has 36 heavy (non-hydrogen) atoms. The van der Waals surface area contributed by atoms with Gasteiger partial charge in [0.05, 0.1) is 16.7 Å². The SMILES string of the molecule is CCc1ccc(NC(=O)CSc2nnc([C@@H](NC(=O)c3cccc([N+](=O)[O-])c3)C(C)C)n2CC)cc1. The molecule has 11 heteroatoms. The van der Waals surface area contributed by atoms with Gasteiger partial charge in [0, 0.05) is 29.9 Å². The van der Waals surface area contributed by atoms with Gasteiger partial charge in [-0.05, 0) is 43.0 Å². The molecule has 10 nitrogen and oxygen atoms in total. The number of rotatable bonds is 11. The van der Waals surface area contributed by atoms with Crippen LogP contribution >= 0.6 is 11.8 Å². The first-order chi connectivity index (χ1) is 17.2. The van der Waals surface area contributed by atoms with Crippen LogP contribution in [0.1, 0.15) is 55.5 Å². The normalized spacial score (nSPS) is 11.8. The molecule has 0 aliphatic heterocycles. The number of thioether (sulfide) groups is 1. The maximum Gasteiger partial charge on any atom is 0.270 e. The van der Waals surface area contributed by atoms with Gasteiger partial charge in [0.1, 0.15) is 0 Å². The zero-order valence-electron chi connectivity index (χ0n) is 20.7. The number of carbonyl (C=O) groups is 2. The number of nitro groups is 1. The number of carbonyl (C=O) groups excluding carboxylic acids is 2. The minimum Gasteiger partial charge on any atom is -0.342 e. The summed E-state index contributed by atoms with van der Waals surface area (Å²) < 4.78 is 1.87. The van der Waals surface area contributed by atoms with Gasteiger partial charge in [-0.25, -0.2) is 0 Å². The summed E-state index contributed by atoms with van der Waals surface area (Å²) in [5.74, 6) is 0.0837. The molecule has 0 bridgehead atoms. The third kappa shape index (κ3) is 6.69. The van der Waals surface area contributed by atoms with Crippen LogP contribution in [0.5, 0.6) is 0 Å². The van der Waals surface area contributed by atoms with Crippen LogP contribution in [0.3, 0.4) is 0 Å². The first-order valence-corrected chi connectivity index (χ1v) is 12.7. The van der Waals surface area contributed by atoms with E-state index >= 15 is 0 Å².